The summed E-state index contributed by atoms with van der Waals surface area (Å²) in [4.78, 5) is 8.37. The van der Waals surface area contributed by atoms with Crippen LogP contribution in [-0.4, -0.2) is 16.1 Å². The van der Waals surface area contributed by atoms with Crippen LogP contribution in [0.15, 0.2) is 12.4 Å². The number of ether oxygens (including phenoxy) is 1. The smallest absolute Gasteiger partial charge is 0.232 e. The minimum atomic E-state index is 0.308. The lowest BCUT2D eigenvalue weighted by atomic mass is 10.1. The van der Waals surface area contributed by atoms with E-state index < -0.39 is 0 Å². The molecule has 3 nitrogen and oxygen atoms in total. The molecular weight excluding hydrogens is 224 g/mol. The molecule has 0 bridgehead atoms. The molecule has 0 aliphatic heterocycles. The number of aromatic nitrogens is 2. The number of hydrogen-bond acceptors (Lipinski definition) is 3. The predicted molar refractivity (Wildman–Crippen MR) is 63.7 cm³/mol. The fourth-order valence-electron chi connectivity index (χ4n) is 2.04. The zero-order chi connectivity index (χ0) is 11.2. The van der Waals surface area contributed by atoms with E-state index in [2.05, 4.69) is 9.97 Å². The minimum Gasteiger partial charge on any atom is -0.473 e. The maximum atomic E-state index is 5.85. The van der Waals surface area contributed by atoms with Crippen LogP contribution in [0.3, 0.4) is 0 Å². The van der Waals surface area contributed by atoms with Gasteiger partial charge in [0.05, 0.1) is 17.8 Å². The highest BCUT2D eigenvalue weighted by Gasteiger charge is 2.14. The molecule has 0 unspecified atom stereocenters. The summed E-state index contributed by atoms with van der Waals surface area (Å²) in [5, 5.41) is 0. The van der Waals surface area contributed by atoms with Crippen molar-refractivity contribution in [2.24, 2.45) is 0 Å². The minimum absolute atomic E-state index is 0.308. The van der Waals surface area contributed by atoms with Gasteiger partial charge in [0.25, 0.3) is 0 Å². The monoisotopic (exact) mass is 240 g/mol. The van der Waals surface area contributed by atoms with Gasteiger partial charge in [-0.2, -0.15) is 0 Å². The van der Waals surface area contributed by atoms with E-state index in [9.17, 15) is 0 Å². The van der Waals surface area contributed by atoms with Crippen molar-refractivity contribution in [2.75, 3.05) is 0 Å². The number of halogens is 1. The molecule has 0 spiro atoms. The Balaban J connectivity index is 1.96. The molecule has 0 N–H and O–H groups in total. The SMILES string of the molecule is ClCc1cncc(OC2CCCCCC2)n1. The van der Waals surface area contributed by atoms with Crippen LogP contribution in [0.25, 0.3) is 0 Å². The Bertz CT molecular complexity index is 325. The Morgan fingerprint density at radius 1 is 1.19 bits per heavy atom. The van der Waals surface area contributed by atoms with Crippen LogP contribution >= 0.6 is 11.6 Å². The van der Waals surface area contributed by atoms with Crippen molar-refractivity contribution in [3.8, 4) is 5.88 Å². The van der Waals surface area contributed by atoms with E-state index >= 15 is 0 Å². The number of hydrogen-bond donors (Lipinski definition) is 0. The van der Waals surface area contributed by atoms with Crippen molar-refractivity contribution in [1.82, 2.24) is 9.97 Å². The average Bonchev–Trinajstić information content (AvgIpc) is 2.58. The van der Waals surface area contributed by atoms with E-state index in [0.29, 0.717) is 17.9 Å². The van der Waals surface area contributed by atoms with E-state index in [1.54, 1.807) is 12.4 Å². The first kappa shape index (κ1) is 11.6. The Labute approximate surface area is 101 Å². The molecule has 4 heteroatoms. The highest BCUT2D eigenvalue weighted by Crippen LogP contribution is 2.21. The van der Waals surface area contributed by atoms with Gasteiger partial charge in [0.15, 0.2) is 0 Å². The standard InChI is InChI=1S/C12H17ClN2O/c13-7-10-8-14-9-12(15-10)16-11-5-3-1-2-4-6-11/h8-9,11H,1-7H2. The zero-order valence-electron chi connectivity index (χ0n) is 9.36. The summed E-state index contributed by atoms with van der Waals surface area (Å²) in [7, 11) is 0. The van der Waals surface area contributed by atoms with Crippen LogP contribution in [0.1, 0.15) is 44.2 Å². The maximum absolute atomic E-state index is 5.85. The molecule has 1 fully saturated rings. The quantitative estimate of drug-likeness (QED) is 0.601. The summed E-state index contributed by atoms with van der Waals surface area (Å²) >= 11 is 5.71. The van der Waals surface area contributed by atoms with Gasteiger partial charge in [0.1, 0.15) is 6.10 Å². The fourth-order valence-corrected chi connectivity index (χ4v) is 2.17. The summed E-state index contributed by atoms with van der Waals surface area (Å²) in [6, 6.07) is 0. The van der Waals surface area contributed by atoms with Crippen LogP contribution < -0.4 is 4.74 Å². The van der Waals surface area contributed by atoms with Crippen molar-refractivity contribution < 1.29 is 4.74 Å². The molecule has 1 saturated carbocycles. The Morgan fingerprint density at radius 2 is 1.94 bits per heavy atom. The molecular formula is C12H17ClN2O. The fraction of sp³-hybridized carbons (Fsp3) is 0.667. The Morgan fingerprint density at radius 3 is 2.62 bits per heavy atom. The average molecular weight is 241 g/mol. The molecule has 2 rings (SSSR count). The van der Waals surface area contributed by atoms with Gasteiger partial charge >= 0.3 is 0 Å². The van der Waals surface area contributed by atoms with Crippen LogP contribution in [0.4, 0.5) is 0 Å². The third-order valence-electron chi connectivity index (χ3n) is 2.89. The van der Waals surface area contributed by atoms with Crippen molar-refractivity contribution in [2.45, 2.75) is 50.5 Å². The van der Waals surface area contributed by atoms with Crippen molar-refractivity contribution in [3.05, 3.63) is 18.1 Å². The number of alkyl halides is 1. The van der Waals surface area contributed by atoms with Gasteiger partial charge in [0.2, 0.25) is 5.88 Å². The first-order valence-electron chi connectivity index (χ1n) is 5.92. The summed E-state index contributed by atoms with van der Waals surface area (Å²) in [5.74, 6) is 1.000. The van der Waals surface area contributed by atoms with Gasteiger partial charge in [0, 0.05) is 6.20 Å². The first-order valence-corrected chi connectivity index (χ1v) is 6.45. The molecule has 1 heterocycles. The van der Waals surface area contributed by atoms with E-state index in [0.717, 1.165) is 18.5 Å². The van der Waals surface area contributed by atoms with E-state index in [1.165, 1.54) is 25.7 Å². The molecule has 0 saturated heterocycles. The second-order valence-electron chi connectivity index (χ2n) is 4.21. The zero-order valence-corrected chi connectivity index (χ0v) is 10.1. The van der Waals surface area contributed by atoms with Crippen LogP contribution in [0, 0.1) is 0 Å². The Hall–Kier alpha value is -0.830. The van der Waals surface area contributed by atoms with Gasteiger partial charge in [-0.3, -0.25) is 4.98 Å². The third-order valence-corrected chi connectivity index (χ3v) is 3.16. The third kappa shape index (κ3) is 3.34. The van der Waals surface area contributed by atoms with Gasteiger partial charge in [-0.05, 0) is 25.7 Å². The second-order valence-corrected chi connectivity index (χ2v) is 4.48. The van der Waals surface area contributed by atoms with Gasteiger partial charge in [-0.1, -0.05) is 12.8 Å². The number of rotatable bonds is 3. The highest BCUT2D eigenvalue weighted by atomic mass is 35.5. The molecule has 0 aromatic carbocycles. The molecule has 1 aliphatic carbocycles. The Kier molecular flexibility index (Phi) is 4.40. The summed E-state index contributed by atoms with van der Waals surface area (Å²) in [6.45, 7) is 0. The maximum Gasteiger partial charge on any atom is 0.232 e. The summed E-state index contributed by atoms with van der Waals surface area (Å²) in [6.07, 6.45) is 11.1. The predicted octanol–water partition coefficient (Wildman–Crippen LogP) is 3.32. The first-order chi connectivity index (χ1) is 7.88. The second kappa shape index (κ2) is 6.04. The molecule has 0 radical (unpaired) electrons. The molecule has 88 valence electrons. The number of nitrogens with zero attached hydrogens (tertiary/aromatic N) is 2. The highest BCUT2D eigenvalue weighted by molar-refractivity contribution is 6.16. The van der Waals surface area contributed by atoms with Crippen LogP contribution in [0.2, 0.25) is 0 Å². The van der Waals surface area contributed by atoms with Crippen LogP contribution in [-0.2, 0) is 5.88 Å². The molecule has 0 atom stereocenters. The van der Waals surface area contributed by atoms with Crippen molar-refractivity contribution in [1.29, 1.82) is 0 Å². The molecule has 16 heavy (non-hydrogen) atoms. The van der Waals surface area contributed by atoms with E-state index in [1.807, 2.05) is 0 Å². The van der Waals surface area contributed by atoms with Crippen molar-refractivity contribution in [3.63, 3.8) is 0 Å². The normalized spacial score (nSPS) is 18.1. The molecule has 1 aliphatic rings. The van der Waals surface area contributed by atoms with Gasteiger partial charge < -0.3 is 4.74 Å². The lowest BCUT2D eigenvalue weighted by Crippen LogP contribution is -2.16. The van der Waals surface area contributed by atoms with Crippen molar-refractivity contribution >= 4 is 11.6 Å². The molecule has 0 amide bonds. The topological polar surface area (TPSA) is 35.0 Å². The largest absolute Gasteiger partial charge is 0.473 e. The van der Waals surface area contributed by atoms with Gasteiger partial charge in [-0.25, -0.2) is 4.98 Å². The summed E-state index contributed by atoms with van der Waals surface area (Å²) < 4.78 is 5.85. The lowest BCUT2D eigenvalue weighted by molar-refractivity contribution is 0.175. The van der Waals surface area contributed by atoms with Crippen LogP contribution in [0.5, 0.6) is 5.88 Å². The van der Waals surface area contributed by atoms with E-state index in [-0.39, 0.29) is 0 Å². The summed E-state index contributed by atoms with van der Waals surface area (Å²) in [5.41, 5.74) is 0.771. The lowest BCUT2D eigenvalue weighted by Gasteiger charge is -2.15. The van der Waals surface area contributed by atoms with Gasteiger partial charge in [-0.15, -0.1) is 11.6 Å². The molecule has 1 aromatic rings. The van der Waals surface area contributed by atoms with E-state index in [4.69, 9.17) is 16.3 Å². The molecule has 1 aromatic heterocycles.